The van der Waals surface area contributed by atoms with Crippen LogP contribution >= 0.6 is 15.6 Å². The first kappa shape index (κ1) is 57.0. The van der Waals surface area contributed by atoms with E-state index in [1.807, 2.05) is 12.2 Å². The van der Waals surface area contributed by atoms with Gasteiger partial charge in [0.1, 0.15) is 12.7 Å². The van der Waals surface area contributed by atoms with Crippen molar-refractivity contribution in [3.05, 3.63) is 48.6 Å². The van der Waals surface area contributed by atoms with Crippen molar-refractivity contribution in [2.24, 2.45) is 5.92 Å². The molecule has 5 N–H and O–H groups in total. The molecule has 3 atom stereocenters. The average molecular weight is 881 g/mol. The Hall–Kier alpha value is -1.96. The predicted molar refractivity (Wildman–Crippen MR) is 231 cm³/mol. The fraction of sp³-hybridized carbons (Fsp3) is 0.767. The van der Waals surface area contributed by atoms with E-state index in [1.54, 1.807) is 0 Å². The number of unbranched alkanes of at least 4 members (excludes halogenated alkanes) is 14. The van der Waals surface area contributed by atoms with E-state index in [2.05, 4.69) is 59.4 Å². The summed E-state index contributed by atoms with van der Waals surface area (Å²) >= 11 is 0. The molecule has 0 saturated heterocycles. The topological polar surface area (TPSA) is 216 Å². The van der Waals surface area contributed by atoms with Gasteiger partial charge in [0.2, 0.25) is 0 Å². The Bertz CT molecular complexity index is 1250. The second-order valence-corrected chi connectivity index (χ2v) is 17.9. The van der Waals surface area contributed by atoms with Gasteiger partial charge in [-0.3, -0.25) is 23.2 Å². The summed E-state index contributed by atoms with van der Waals surface area (Å²) < 4.78 is 47.7. The van der Waals surface area contributed by atoms with Gasteiger partial charge >= 0.3 is 27.6 Å². The Kier molecular flexibility index (Phi) is 37.6. The molecule has 1 unspecified atom stereocenters. The van der Waals surface area contributed by atoms with Crippen molar-refractivity contribution < 1.29 is 66.7 Å². The molecule has 0 aliphatic carbocycles. The van der Waals surface area contributed by atoms with Crippen molar-refractivity contribution in [3.63, 3.8) is 0 Å². The summed E-state index contributed by atoms with van der Waals surface area (Å²) in [5, 5.41) is 18.5. The number of allylic oxidation sites excluding steroid dienone is 8. The number of carbonyl (C=O) groups excluding carboxylic acids is 2. The van der Waals surface area contributed by atoms with Crippen molar-refractivity contribution in [2.45, 2.75) is 174 Å². The van der Waals surface area contributed by atoms with Crippen molar-refractivity contribution in [1.82, 2.24) is 0 Å². The quantitative estimate of drug-likeness (QED) is 0.0167. The van der Waals surface area contributed by atoms with Crippen LogP contribution in [0.1, 0.15) is 162 Å². The molecule has 0 aromatic carbocycles. The number of carbonyl (C=O) groups is 2. The molecule has 0 bridgehead atoms. The summed E-state index contributed by atoms with van der Waals surface area (Å²) in [6.45, 7) is 2.00. The zero-order chi connectivity index (χ0) is 43.9. The van der Waals surface area contributed by atoms with Crippen LogP contribution in [0.5, 0.6) is 0 Å². The molecule has 59 heavy (non-hydrogen) atoms. The van der Waals surface area contributed by atoms with Crippen molar-refractivity contribution in [2.75, 3.05) is 33.0 Å². The Labute approximate surface area is 354 Å². The fourth-order valence-electron chi connectivity index (χ4n) is 5.62. The van der Waals surface area contributed by atoms with E-state index in [1.165, 1.54) is 51.4 Å². The van der Waals surface area contributed by atoms with Gasteiger partial charge in [0.05, 0.1) is 19.8 Å². The lowest BCUT2D eigenvalue weighted by atomic mass is 10.0. The lowest BCUT2D eigenvalue weighted by Crippen LogP contribution is -2.29. The minimum Gasteiger partial charge on any atom is -0.462 e. The Balaban J connectivity index is 4.61. The molecule has 0 aliphatic heterocycles. The van der Waals surface area contributed by atoms with Gasteiger partial charge in [0, 0.05) is 19.4 Å². The predicted octanol–water partition coefficient (Wildman–Crippen LogP) is 9.89. The maximum absolute atomic E-state index is 12.6. The number of rotatable bonds is 41. The first-order valence-corrected chi connectivity index (χ1v) is 24.8. The SMILES string of the molecule is CC(C)CCCCCCCCCCCCCC(=O)OC[C@H](COP(=O)(O)OC[C@@H](O)COP(=O)(O)O)OC(=O)CCC/C=C\C/C=C\C/C=C\C/C=C\CCCCCO. The summed E-state index contributed by atoms with van der Waals surface area (Å²) in [4.78, 5) is 52.6. The summed E-state index contributed by atoms with van der Waals surface area (Å²) in [7, 11) is -9.70. The number of aliphatic hydroxyl groups excluding tert-OH is 2. The van der Waals surface area contributed by atoms with Gasteiger partial charge in [-0.25, -0.2) is 9.13 Å². The number of hydrogen-bond donors (Lipinski definition) is 5. The van der Waals surface area contributed by atoms with Crippen LogP contribution < -0.4 is 0 Å². The number of ether oxygens (including phenoxy) is 2. The molecular weight excluding hydrogens is 802 g/mol. The van der Waals surface area contributed by atoms with Gasteiger partial charge in [-0.15, -0.1) is 0 Å². The molecule has 0 aliphatic rings. The number of hydrogen-bond acceptors (Lipinski definition) is 11. The van der Waals surface area contributed by atoms with E-state index in [0.717, 1.165) is 70.1 Å². The van der Waals surface area contributed by atoms with E-state index in [9.17, 15) is 28.7 Å². The van der Waals surface area contributed by atoms with E-state index in [0.29, 0.717) is 19.3 Å². The summed E-state index contributed by atoms with van der Waals surface area (Å²) in [5.41, 5.74) is 0. The fourth-order valence-corrected chi connectivity index (χ4v) is 6.78. The van der Waals surface area contributed by atoms with Gasteiger partial charge in [0.25, 0.3) is 0 Å². The van der Waals surface area contributed by atoms with E-state index >= 15 is 0 Å². The maximum Gasteiger partial charge on any atom is 0.472 e. The molecule has 0 aromatic heterocycles. The second-order valence-electron chi connectivity index (χ2n) is 15.2. The van der Waals surface area contributed by atoms with Gasteiger partial charge < -0.3 is 34.4 Å². The van der Waals surface area contributed by atoms with Gasteiger partial charge in [-0.1, -0.05) is 140 Å². The third-order valence-electron chi connectivity index (χ3n) is 8.94. The third kappa shape index (κ3) is 43.9. The lowest BCUT2D eigenvalue weighted by molar-refractivity contribution is -0.161. The zero-order valence-electron chi connectivity index (χ0n) is 36.0. The normalized spacial score (nSPS) is 14.6. The average Bonchev–Trinajstić information content (AvgIpc) is 3.18. The monoisotopic (exact) mass is 880 g/mol. The van der Waals surface area contributed by atoms with Crippen LogP contribution in [0.4, 0.5) is 0 Å². The van der Waals surface area contributed by atoms with Crippen molar-refractivity contribution >= 4 is 27.6 Å². The molecule has 16 heteroatoms. The van der Waals surface area contributed by atoms with Crippen LogP contribution in [0.3, 0.4) is 0 Å². The van der Waals surface area contributed by atoms with Crippen LogP contribution in [0.15, 0.2) is 48.6 Å². The van der Waals surface area contributed by atoms with Crippen LogP contribution in [0, 0.1) is 5.92 Å². The molecule has 0 rings (SSSR count). The molecular formula is C43H78O14P2. The molecule has 0 amide bonds. The number of esters is 2. The standard InChI is InChI=1S/C43H78O14P2/c1-39(2)31-27-23-19-15-11-10-13-16-20-24-28-32-42(46)53-37-41(38-56-59(51,52)55-36-40(45)35-54-58(48,49)50)57-43(47)33-29-25-21-17-12-8-6-4-3-5-7-9-14-18-22-26-30-34-44/h3,5-6,8-9,14,17,21,39-41,44-45H,4,7,10-13,15-16,18-20,22-38H2,1-2H3,(H,51,52)(H2,48,49,50)/b5-3-,8-6-,14-9-,21-17-/t40-,41+/m0/s1. The van der Waals surface area contributed by atoms with Crippen molar-refractivity contribution in [1.29, 1.82) is 0 Å². The minimum absolute atomic E-state index is 0.0455. The molecule has 0 saturated carbocycles. The molecule has 344 valence electrons. The third-order valence-corrected chi connectivity index (χ3v) is 10.4. The second kappa shape index (κ2) is 38.9. The number of phosphoric acid groups is 2. The van der Waals surface area contributed by atoms with Gasteiger partial charge in [-0.2, -0.15) is 0 Å². The summed E-state index contributed by atoms with van der Waals surface area (Å²) in [5.74, 6) is -0.331. The number of aliphatic hydroxyl groups is 2. The molecule has 0 fully saturated rings. The minimum atomic E-state index is -4.87. The van der Waals surface area contributed by atoms with Crippen molar-refractivity contribution in [3.8, 4) is 0 Å². The number of phosphoric ester groups is 2. The molecule has 0 aromatic rings. The lowest BCUT2D eigenvalue weighted by Gasteiger charge is -2.20. The van der Waals surface area contributed by atoms with Gasteiger partial charge in [0.15, 0.2) is 6.10 Å². The smallest absolute Gasteiger partial charge is 0.462 e. The van der Waals surface area contributed by atoms with Gasteiger partial charge in [-0.05, 0) is 63.7 Å². The summed E-state index contributed by atoms with van der Waals surface area (Å²) in [6.07, 6.45) is 35.6. The Morgan fingerprint density at radius 1 is 0.542 bits per heavy atom. The van der Waals surface area contributed by atoms with E-state index < -0.39 is 66.2 Å². The first-order valence-electron chi connectivity index (χ1n) is 21.8. The Morgan fingerprint density at radius 3 is 1.54 bits per heavy atom. The van der Waals surface area contributed by atoms with E-state index in [4.69, 9.17) is 28.9 Å². The highest BCUT2D eigenvalue weighted by molar-refractivity contribution is 7.47. The molecule has 0 spiro atoms. The maximum atomic E-state index is 12.6. The molecule has 0 heterocycles. The van der Waals surface area contributed by atoms with Crippen LogP contribution in [0.2, 0.25) is 0 Å². The Morgan fingerprint density at radius 2 is 1.00 bits per heavy atom. The van der Waals surface area contributed by atoms with E-state index in [-0.39, 0.29) is 19.4 Å². The first-order chi connectivity index (χ1) is 28.2. The molecule has 14 nitrogen and oxygen atoms in total. The largest absolute Gasteiger partial charge is 0.472 e. The van der Waals surface area contributed by atoms with Crippen LogP contribution in [0.25, 0.3) is 0 Å². The zero-order valence-corrected chi connectivity index (χ0v) is 37.7. The molecule has 0 radical (unpaired) electrons. The van der Waals surface area contributed by atoms with Crippen LogP contribution in [-0.4, -0.2) is 82.1 Å². The van der Waals surface area contributed by atoms with Crippen LogP contribution in [-0.2, 0) is 41.8 Å². The highest BCUT2D eigenvalue weighted by Crippen LogP contribution is 2.43. The summed E-state index contributed by atoms with van der Waals surface area (Å²) in [6, 6.07) is 0. The highest BCUT2D eigenvalue weighted by atomic mass is 31.2. The highest BCUT2D eigenvalue weighted by Gasteiger charge is 2.28.